The third-order valence-corrected chi connectivity index (χ3v) is 4.33. The molecule has 3 nitrogen and oxygen atoms in total. The Balaban J connectivity index is 1.86. The highest BCUT2D eigenvalue weighted by atomic mass is 32.1. The molecular formula is C13H23N3S. The van der Waals surface area contributed by atoms with E-state index >= 15 is 0 Å². The molecule has 0 N–H and O–H groups in total. The molecule has 1 saturated heterocycles. The number of likely N-dealkylation sites (N-methyl/N-ethyl adjacent to an activating group) is 2. The zero-order valence-electron chi connectivity index (χ0n) is 10.9. The highest BCUT2D eigenvalue weighted by molar-refractivity contribution is 7.07. The Labute approximate surface area is 108 Å². The summed E-state index contributed by atoms with van der Waals surface area (Å²) in [6, 6.07) is 0.763. The van der Waals surface area contributed by atoms with E-state index in [0.717, 1.165) is 19.1 Å². The minimum atomic E-state index is 0.763. The van der Waals surface area contributed by atoms with Gasteiger partial charge in [0, 0.05) is 24.5 Å². The van der Waals surface area contributed by atoms with Crippen LogP contribution in [0.25, 0.3) is 0 Å². The van der Waals surface area contributed by atoms with Crippen molar-refractivity contribution >= 4 is 11.3 Å². The Bertz CT molecular complexity index is 312. The molecule has 2 rings (SSSR count). The smallest absolute Gasteiger partial charge is 0.0795 e. The predicted octanol–water partition coefficient (Wildman–Crippen LogP) is 2.45. The zero-order valence-corrected chi connectivity index (χ0v) is 11.7. The molecule has 1 atom stereocenters. The summed E-state index contributed by atoms with van der Waals surface area (Å²) in [6.45, 7) is 10.3. The number of likely N-dealkylation sites (tertiary alicyclic amines) is 1. The van der Waals surface area contributed by atoms with Crippen molar-refractivity contribution in [2.45, 2.75) is 39.3 Å². The standard InChI is InChI=1S/C13H23N3S/c1-3-15(8-12-10-17-11-14-12)9-13-6-5-7-16(13)4-2/h10-11,13H,3-9H2,1-2H3. The molecule has 4 heteroatoms. The summed E-state index contributed by atoms with van der Waals surface area (Å²) in [6.07, 6.45) is 2.73. The van der Waals surface area contributed by atoms with E-state index in [9.17, 15) is 0 Å². The maximum Gasteiger partial charge on any atom is 0.0795 e. The van der Waals surface area contributed by atoms with Gasteiger partial charge in [0.2, 0.25) is 0 Å². The van der Waals surface area contributed by atoms with E-state index in [-0.39, 0.29) is 0 Å². The Hall–Kier alpha value is -0.450. The molecular weight excluding hydrogens is 230 g/mol. The summed E-state index contributed by atoms with van der Waals surface area (Å²) in [5.41, 5.74) is 3.15. The van der Waals surface area contributed by atoms with Crippen molar-refractivity contribution in [3.63, 3.8) is 0 Å². The van der Waals surface area contributed by atoms with Gasteiger partial charge in [-0.2, -0.15) is 0 Å². The van der Waals surface area contributed by atoms with Crippen molar-refractivity contribution in [2.24, 2.45) is 0 Å². The first-order valence-corrected chi connectivity index (χ1v) is 7.61. The summed E-state index contributed by atoms with van der Waals surface area (Å²) >= 11 is 1.69. The number of rotatable bonds is 6. The van der Waals surface area contributed by atoms with E-state index in [1.807, 2.05) is 5.51 Å². The molecule has 1 aliphatic heterocycles. The quantitative estimate of drug-likeness (QED) is 0.776. The maximum absolute atomic E-state index is 4.38. The van der Waals surface area contributed by atoms with Gasteiger partial charge >= 0.3 is 0 Å². The summed E-state index contributed by atoms with van der Waals surface area (Å²) in [5.74, 6) is 0. The van der Waals surface area contributed by atoms with Crippen LogP contribution >= 0.6 is 11.3 Å². The van der Waals surface area contributed by atoms with E-state index in [1.165, 1.54) is 38.2 Å². The van der Waals surface area contributed by atoms with Crippen molar-refractivity contribution < 1.29 is 0 Å². The van der Waals surface area contributed by atoms with Gasteiger partial charge in [-0.25, -0.2) is 4.98 Å². The van der Waals surface area contributed by atoms with Crippen LogP contribution in [0.5, 0.6) is 0 Å². The fourth-order valence-corrected chi connectivity index (χ4v) is 3.22. The van der Waals surface area contributed by atoms with E-state index in [0.29, 0.717) is 0 Å². The molecule has 1 unspecified atom stereocenters. The molecule has 96 valence electrons. The Morgan fingerprint density at radius 2 is 2.41 bits per heavy atom. The predicted molar refractivity (Wildman–Crippen MR) is 73.3 cm³/mol. The summed E-state index contributed by atoms with van der Waals surface area (Å²) in [7, 11) is 0. The minimum absolute atomic E-state index is 0.763. The maximum atomic E-state index is 4.38. The fraction of sp³-hybridized carbons (Fsp3) is 0.769. The second kappa shape index (κ2) is 6.47. The van der Waals surface area contributed by atoms with Gasteiger partial charge in [-0.1, -0.05) is 13.8 Å². The molecule has 0 saturated carbocycles. The monoisotopic (exact) mass is 253 g/mol. The molecule has 1 fully saturated rings. The van der Waals surface area contributed by atoms with Crippen LogP contribution in [-0.4, -0.2) is 47.0 Å². The number of hydrogen-bond acceptors (Lipinski definition) is 4. The van der Waals surface area contributed by atoms with Gasteiger partial charge in [0.1, 0.15) is 0 Å². The molecule has 0 aliphatic carbocycles. The van der Waals surface area contributed by atoms with Crippen LogP contribution in [0.3, 0.4) is 0 Å². The second-order valence-electron chi connectivity index (χ2n) is 4.73. The third kappa shape index (κ3) is 3.50. The normalized spacial score (nSPS) is 21.5. The van der Waals surface area contributed by atoms with Gasteiger partial charge in [-0.05, 0) is 32.5 Å². The number of thiazole rings is 1. The van der Waals surface area contributed by atoms with Gasteiger partial charge in [0.15, 0.2) is 0 Å². The highest BCUT2D eigenvalue weighted by Crippen LogP contribution is 2.18. The van der Waals surface area contributed by atoms with Crippen LogP contribution in [0.4, 0.5) is 0 Å². The molecule has 0 amide bonds. The van der Waals surface area contributed by atoms with Gasteiger partial charge in [0.25, 0.3) is 0 Å². The third-order valence-electron chi connectivity index (χ3n) is 3.69. The summed E-state index contributed by atoms with van der Waals surface area (Å²) in [4.78, 5) is 9.52. The minimum Gasteiger partial charge on any atom is -0.299 e. The van der Waals surface area contributed by atoms with Gasteiger partial charge < -0.3 is 0 Å². The Morgan fingerprint density at radius 3 is 3.06 bits per heavy atom. The summed E-state index contributed by atoms with van der Waals surface area (Å²) < 4.78 is 0. The van der Waals surface area contributed by atoms with Crippen molar-refractivity contribution in [1.82, 2.24) is 14.8 Å². The van der Waals surface area contributed by atoms with Crippen molar-refractivity contribution in [3.8, 4) is 0 Å². The lowest BCUT2D eigenvalue weighted by molar-refractivity contribution is 0.176. The zero-order chi connectivity index (χ0) is 12.1. The highest BCUT2D eigenvalue weighted by Gasteiger charge is 2.24. The lowest BCUT2D eigenvalue weighted by Crippen LogP contribution is -2.40. The van der Waals surface area contributed by atoms with E-state index in [4.69, 9.17) is 0 Å². The van der Waals surface area contributed by atoms with Crippen LogP contribution in [0.2, 0.25) is 0 Å². The van der Waals surface area contributed by atoms with E-state index < -0.39 is 0 Å². The molecule has 1 aromatic heterocycles. The lowest BCUT2D eigenvalue weighted by Gasteiger charge is -2.29. The topological polar surface area (TPSA) is 19.4 Å². The van der Waals surface area contributed by atoms with Gasteiger partial charge in [-0.3, -0.25) is 9.80 Å². The molecule has 17 heavy (non-hydrogen) atoms. The molecule has 0 bridgehead atoms. The molecule has 0 aromatic carbocycles. The van der Waals surface area contributed by atoms with Gasteiger partial charge in [-0.15, -0.1) is 11.3 Å². The Kier molecular flexibility index (Phi) is 4.95. The van der Waals surface area contributed by atoms with Crippen molar-refractivity contribution in [2.75, 3.05) is 26.2 Å². The van der Waals surface area contributed by atoms with Crippen LogP contribution < -0.4 is 0 Å². The van der Waals surface area contributed by atoms with E-state index in [2.05, 4.69) is 34.0 Å². The SMILES string of the molecule is CCN(Cc1cscn1)CC1CCCN1CC. The van der Waals surface area contributed by atoms with Gasteiger partial charge in [0.05, 0.1) is 11.2 Å². The molecule has 1 aromatic rings. The largest absolute Gasteiger partial charge is 0.299 e. The summed E-state index contributed by atoms with van der Waals surface area (Å²) in [5, 5.41) is 2.16. The lowest BCUT2D eigenvalue weighted by atomic mass is 10.2. The number of aromatic nitrogens is 1. The first kappa shape index (κ1) is 13.0. The van der Waals surface area contributed by atoms with Crippen LogP contribution in [0.15, 0.2) is 10.9 Å². The first-order chi connectivity index (χ1) is 8.33. The first-order valence-electron chi connectivity index (χ1n) is 6.67. The Morgan fingerprint density at radius 1 is 1.53 bits per heavy atom. The number of nitrogens with zero attached hydrogens (tertiary/aromatic N) is 3. The average Bonchev–Trinajstić information content (AvgIpc) is 2.99. The van der Waals surface area contributed by atoms with E-state index in [1.54, 1.807) is 11.3 Å². The van der Waals surface area contributed by atoms with Crippen molar-refractivity contribution in [1.29, 1.82) is 0 Å². The fourth-order valence-electron chi connectivity index (χ4n) is 2.67. The molecule has 1 aliphatic rings. The molecule has 0 spiro atoms. The van der Waals surface area contributed by atoms with Crippen LogP contribution in [-0.2, 0) is 6.54 Å². The van der Waals surface area contributed by atoms with Crippen molar-refractivity contribution in [3.05, 3.63) is 16.6 Å². The van der Waals surface area contributed by atoms with Crippen LogP contribution in [0, 0.1) is 0 Å². The average molecular weight is 253 g/mol. The molecule has 2 heterocycles. The number of hydrogen-bond donors (Lipinski definition) is 0. The molecule has 0 radical (unpaired) electrons. The second-order valence-corrected chi connectivity index (χ2v) is 5.45. The van der Waals surface area contributed by atoms with Crippen LogP contribution in [0.1, 0.15) is 32.4 Å².